The van der Waals surface area contributed by atoms with E-state index in [0.29, 0.717) is 5.54 Å². The van der Waals surface area contributed by atoms with E-state index in [0.717, 1.165) is 6.04 Å². The SMILES string of the molecule is CN(I)[C@@H]1CCN(C(C)(C)C)C1. The molecule has 1 fully saturated rings. The van der Waals surface area contributed by atoms with Crippen molar-refractivity contribution in [3.8, 4) is 0 Å². The zero-order valence-electron chi connectivity index (χ0n) is 8.47. The minimum Gasteiger partial charge on any atom is -0.297 e. The number of likely N-dealkylation sites (tertiary alicyclic amines) is 1. The zero-order valence-corrected chi connectivity index (χ0v) is 10.6. The lowest BCUT2D eigenvalue weighted by Gasteiger charge is -2.32. The average Bonchev–Trinajstić information content (AvgIpc) is 2.30. The quantitative estimate of drug-likeness (QED) is 0.537. The highest BCUT2D eigenvalue weighted by atomic mass is 127. The Hall–Kier alpha value is 0.650. The van der Waals surface area contributed by atoms with Crippen LogP contribution in [0, 0.1) is 0 Å². The largest absolute Gasteiger partial charge is 0.297 e. The normalized spacial score (nSPS) is 27.0. The van der Waals surface area contributed by atoms with Gasteiger partial charge in [-0.3, -0.25) is 4.90 Å². The van der Waals surface area contributed by atoms with Crippen molar-refractivity contribution in [3.63, 3.8) is 0 Å². The van der Waals surface area contributed by atoms with Crippen molar-refractivity contribution in [1.82, 2.24) is 8.01 Å². The maximum absolute atomic E-state index is 2.56. The summed E-state index contributed by atoms with van der Waals surface area (Å²) in [6.45, 7) is 9.36. The van der Waals surface area contributed by atoms with Crippen molar-refractivity contribution >= 4 is 22.9 Å². The molecule has 0 bridgehead atoms. The summed E-state index contributed by atoms with van der Waals surface area (Å²) in [5, 5.41) is 0. The summed E-state index contributed by atoms with van der Waals surface area (Å²) < 4.78 is 2.31. The van der Waals surface area contributed by atoms with Crippen LogP contribution in [0.15, 0.2) is 0 Å². The number of likely N-dealkylation sites (N-methyl/N-ethyl adjacent to an activating group) is 1. The van der Waals surface area contributed by atoms with E-state index in [2.05, 4.69) is 58.7 Å². The molecule has 0 aromatic carbocycles. The number of rotatable bonds is 1. The summed E-state index contributed by atoms with van der Waals surface area (Å²) in [4.78, 5) is 2.56. The Morgan fingerprint density at radius 1 is 1.42 bits per heavy atom. The fraction of sp³-hybridized carbons (Fsp3) is 1.00. The highest BCUT2D eigenvalue weighted by Gasteiger charge is 2.31. The smallest absolute Gasteiger partial charge is 0.0330 e. The van der Waals surface area contributed by atoms with Crippen LogP contribution in [0.3, 0.4) is 0 Å². The van der Waals surface area contributed by atoms with Gasteiger partial charge in [0.25, 0.3) is 0 Å². The van der Waals surface area contributed by atoms with Gasteiger partial charge in [-0.15, -0.1) is 0 Å². The zero-order chi connectivity index (χ0) is 9.35. The van der Waals surface area contributed by atoms with E-state index in [-0.39, 0.29) is 0 Å². The molecule has 0 unspecified atom stereocenters. The molecule has 0 saturated carbocycles. The van der Waals surface area contributed by atoms with Crippen LogP contribution in [0.25, 0.3) is 0 Å². The third kappa shape index (κ3) is 2.57. The predicted molar refractivity (Wildman–Crippen MR) is 61.5 cm³/mol. The molecule has 0 aromatic heterocycles. The van der Waals surface area contributed by atoms with Crippen molar-refractivity contribution in [2.75, 3.05) is 20.1 Å². The van der Waals surface area contributed by atoms with Crippen molar-refractivity contribution in [3.05, 3.63) is 0 Å². The van der Waals surface area contributed by atoms with Gasteiger partial charge in [0.05, 0.1) is 0 Å². The molecule has 3 heteroatoms. The molecule has 1 rings (SSSR count). The van der Waals surface area contributed by atoms with E-state index in [9.17, 15) is 0 Å². The van der Waals surface area contributed by atoms with Crippen LogP contribution in [0.5, 0.6) is 0 Å². The minimum absolute atomic E-state index is 0.349. The highest BCUT2D eigenvalue weighted by molar-refractivity contribution is 14.1. The van der Waals surface area contributed by atoms with E-state index < -0.39 is 0 Å². The first-order valence-corrected chi connectivity index (χ1v) is 5.51. The van der Waals surface area contributed by atoms with Gasteiger partial charge < -0.3 is 0 Å². The monoisotopic (exact) mass is 282 g/mol. The van der Waals surface area contributed by atoms with Crippen LogP contribution in [0.2, 0.25) is 0 Å². The van der Waals surface area contributed by atoms with Gasteiger partial charge in [0.15, 0.2) is 0 Å². The molecule has 0 aliphatic carbocycles. The summed E-state index contributed by atoms with van der Waals surface area (Å²) in [6.07, 6.45) is 1.32. The Balaban J connectivity index is 2.46. The van der Waals surface area contributed by atoms with E-state index in [4.69, 9.17) is 0 Å². The lowest BCUT2D eigenvalue weighted by Crippen LogP contribution is -2.41. The molecule has 12 heavy (non-hydrogen) atoms. The van der Waals surface area contributed by atoms with Crippen molar-refractivity contribution in [2.24, 2.45) is 0 Å². The second-order valence-electron chi connectivity index (χ2n) is 4.58. The number of halogens is 1. The molecule has 1 saturated heterocycles. The third-order valence-corrected chi connectivity index (χ3v) is 3.40. The average molecular weight is 282 g/mol. The lowest BCUT2D eigenvalue weighted by molar-refractivity contribution is 0.168. The number of hydrogen-bond donors (Lipinski definition) is 0. The Bertz CT molecular complexity index is 151. The van der Waals surface area contributed by atoms with Crippen molar-refractivity contribution in [2.45, 2.75) is 38.8 Å². The first-order chi connectivity index (χ1) is 5.41. The molecule has 1 aliphatic heterocycles. The van der Waals surface area contributed by atoms with E-state index >= 15 is 0 Å². The topological polar surface area (TPSA) is 6.48 Å². The van der Waals surface area contributed by atoms with Crippen LogP contribution in [-0.2, 0) is 0 Å². The first kappa shape index (κ1) is 10.7. The summed E-state index contributed by atoms with van der Waals surface area (Å²) in [6, 6.07) is 0.754. The molecule has 1 heterocycles. The fourth-order valence-electron chi connectivity index (χ4n) is 1.64. The van der Waals surface area contributed by atoms with Gasteiger partial charge in [0.1, 0.15) is 0 Å². The molecule has 2 nitrogen and oxygen atoms in total. The van der Waals surface area contributed by atoms with Gasteiger partial charge >= 0.3 is 0 Å². The highest BCUT2D eigenvalue weighted by Crippen LogP contribution is 2.23. The number of nitrogens with zero attached hydrogens (tertiary/aromatic N) is 2. The fourth-order valence-corrected chi connectivity index (χ4v) is 2.10. The Morgan fingerprint density at radius 3 is 2.25 bits per heavy atom. The molecular weight excluding hydrogens is 263 g/mol. The summed E-state index contributed by atoms with van der Waals surface area (Å²) >= 11 is 2.39. The van der Waals surface area contributed by atoms with Gasteiger partial charge in [-0.1, -0.05) is 0 Å². The summed E-state index contributed by atoms with van der Waals surface area (Å²) in [7, 11) is 2.16. The van der Waals surface area contributed by atoms with Gasteiger partial charge in [-0.25, -0.2) is 3.11 Å². The van der Waals surface area contributed by atoms with E-state index in [1.165, 1.54) is 19.5 Å². The minimum atomic E-state index is 0.349. The Labute approximate surface area is 89.8 Å². The maximum atomic E-state index is 2.56. The van der Waals surface area contributed by atoms with Crippen LogP contribution in [0.1, 0.15) is 27.2 Å². The summed E-state index contributed by atoms with van der Waals surface area (Å²) in [5.74, 6) is 0. The van der Waals surface area contributed by atoms with Crippen LogP contribution < -0.4 is 0 Å². The summed E-state index contributed by atoms with van der Waals surface area (Å²) in [5.41, 5.74) is 0.349. The second-order valence-corrected chi connectivity index (χ2v) is 6.11. The maximum Gasteiger partial charge on any atom is 0.0330 e. The third-order valence-electron chi connectivity index (χ3n) is 2.62. The van der Waals surface area contributed by atoms with Gasteiger partial charge in [-0.2, -0.15) is 0 Å². The second kappa shape index (κ2) is 3.80. The molecule has 1 aliphatic rings. The standard InChI is InChI=1S/C9H19IN2/c1-9(2,3)12-6-5-8(7-12)11(4)10/h8H,5-7H2,1-4H3/t8-/m1/s1. The van der Waals surface area contributed by atoms with Crippen molar-refractivity contribution in [1.29, 1.82) is 0 Å². The predicted octanol–water partition coefficient (Wildman–Crippen LogP) is 2.14. The number of hydrogen-bond acceptors (Lipinski definition) is 2. The molecule has 0 aromatic rings. The molecular formula is C9H19IN2. The first-order valence-electron chi connectivity index (χ1n) is 4.55. The Kier molecular flexibility index (Phi) is 3.40. The van der Waals surface area contributed by atoms with Crippen LogP contribution >= 0.6 is 22.9 Å². The molecule has 72 valence electrons. The molecule has 0 amide bonds. The molecule has 0 N–H and O–H groups in total. The van der Waals surface area contributed by atoms with E-state index in [1.54, 1.807) is 0 Å². The lowest BCUT2D eigenvalue weighted by atomic mass is 10.1. The molecule has 0 spiro atoms. The van der Waals surface area contributed by atoms with Gasteiger partial charge in [0, 0.05) is 47.5 Å². The Morgan fingerprint density at radius 2 is 2.00 bits per heavy atom. The van der Waals surface area contributed by atoms with Gasteiger partial charge in [0.2, 0.25) is 0 Å². The van der Waals surface area contributed by atoms with Gasteiger partial charge in [-0.05, 0) is 34.2 Å². The van der Waals surface area contributed by atoms with E-state index in [1.807, 2.05) is 0 Å². The molecule has 1 atom stereocenters. The van der Waals surface area contributed by atoms with Crippen LogP contribution in [0.4, 0.5) is 0 Å². The molecule has 0 radical (unpaired) electrons. The van der Waals surface area contributed by atoms with Crippen molar-refractivity contribution < 1.29 is 0 Å². The van der Waals surface area contributed by atoms with Crippen LogP contribution in [-0.4, -0.2) is 39.7 Å².